The maximum absolute atomic E-state index is 11.7. The van der Waals surface area contributed by atoms with Crippen LogP contribution in [0, 0.1) is 10.1 Å². The number of halogens is 6. The molecule has 0 saturated carbocycles. The number of alkyl halides is 6. The monoisotopic (exact) mass is 360 g/mol. The smallest absolute Gasteiger partial charge is 0.382 e. The second-order valence-corrected chi connectivity index (χ2v) is 4.30. The molecule has 2 aromatic heterocycles. The van der Waals surface area contributed by atoms with E-state index in [1.54, 1.807) is 0 Å². The van der Waals surface area contributed by atoms with Gasteiger partial charge in [-0.15, -0.1) is 0 Å². The number of hydrogen-bond donors (Lipinski definition) is 1. The lowest BCUT2D eigenvalue weighted by molar-refractivity contribution is -0.389. The number of nitrogens with two attached hydrogens (primary N) is 1. The number of nitrogen functional groups attached to an aromatic ring is 1. The first-order valence-corrected chi connectivity index (χ1v) is 5.96. The van der Waals surface area contributed by atoms with Crippen LogP contribution in [-0.4, -0.2) is 36.8 Å². The molecule has 0 fully saturated rings. The molecule has 0 saturated heterocycles. The normalized spacial score (nSPS) is 11.8. The molecular weight excluding hydrogens is 350 g/mol. The summed E-state index contributed by atoms with van der Waals surface area (Å²) in [6.07, 6.45) is -6.56. The van der Waals surface area contributed by atoms with Crippen molar-refractivity contribution >= 4 is 11.6 Å². The molecule has 24 heavy (non-hydrogen) atoms. The predicted molar refractivity (Wildman–Crippen MR) is 67.6 cm³/mol. The van der Waals surface area contributed by atoms with Crippen molar-refractivity contribution in [2.24, 2.45) is 0 Å². The van der Waals surface area contributed by atoms with Crippen molar-refractivity contribution in [3.63, 3.8) is 0 Å². The van der Waals surface area contributed by atoms with E-state index in [0.29, 0.717) is 4.68 Å². The van der Waals surface area contributed by atoms with Gasteiger partial charge in [0.05, 0.1) is 17.4 Å². The molecular formula is C10H10F6N6O2. The van der Waals surface area contributed by atoms with Crippen molar-refractivity contribution in [3.8, 4) is 0 Å². The maximum atomic E-state index is 11.7. The Morgan fingerprint density at radius 1 is 1.00 bits per heavy atom. The Morgan fingerprint density at radius 2 is 1.46 bits per heavy atom. The fourth-order valence-corrected chi connectivity index (χ4v) is 1.37. The van der Waals surface area contributed by atoms with Crippen LogP contribution in [0.3, 0.4) is 0 Å². The van der Waals surface area contributed by atoms with Crippen LogP contribution >= 0.6 is 0 Å². The van der Waals surface area contributed by atoms with E-state index in [1.807, 2.05) is 0 Å². The van der Waals surface area contributed by atoms with Gasteiger partial charge < -0.3 is 15.8 Å². The molecule has 0 aliphatic carbocycles. The zero-order valence-electron chi connectivity index (χ0n) is 11.6. The molecule has 2 N–H and O–H groups in total. The van der Waals surface area contributed by atoms with Gasteiger partial charge in [0.15, 0.2) is 6.54 Å². The average Bonchev–Trinajstić information content (AvgIpc) is 2.95. The molecule has 8 nitrogen and oxygen atoms in total. The Labute approximate surface area is 129 Å². The molecule has 2 heterocycles. The fraction of sp³-hybridized carbons (Fsp3) is 0.400. The van der Waals surface area contributed by atoms with E-state index in [0.717, 1.165) is 16.9 Å². The Balaban J connectivity index is 0.000000243. The van der Waals surface area contributed by atoms with Crippen LogP contribution < -0.4 is 5.73 Å². The van der Waals surface area contributed by atoms with Crippen LogP contribution in [-0.2, 0) is 13.1 Å². The molecule has 0 atom stereocenters. The van der Waals surface area contributed by atoms with Gasteiger partial charge in [-0.1, -0.05) is 0 Å². The first-order chi connectivity index (χ1) is 10.9. The van der Waals surface area contributed by atoms with E-state index in [1.165, 1.54) is 12.3 Å². The van der Waals surface area contributed by atoms with E-state index in [-0.39, 0.29) is 5.82 Å². The van der Waals surface area contributed by atoms with Crippen LogP contribution in [0.25, 0.3) is 0 Å². The Kier molecular flexibility index (Phi) is 5.76. The third-order valence-corrected chi connectivity index (χ3v) is 2.16. The van der Waals surface area contributed by atoms with Gasteiger partial charge >= 0.3 is 18.2 Å². The summed E-state index contributed by atoms with van der Waals surface area (Å²) in [6, 6.07) is 2.22. The molecule has 0 amide bonds. The number of aromatic nitrogens is 4. The molecule has 2 rings (SSSR count). The predicted octanol–water partition coefficient (Wildman–Crippen LogP) is 2.38. The number of hydrogen-bond acceptors (Lipinski definition) is 5. The van der Waals surface area contributed by atoms with Crippen molar-refractivity contribution in [2.75, 3.05) is 5.73 Å². The van der Waals surface area contributed by atoms with E-state index in [4.69, 9.17) is 5.73 Å². The number of rotatable bonds is 3. The minimum Gasteiger partial charge on any atom is -0.382 e. The molecule has 134 valence electrons. The summed E-state index contributed by atoms with van der Waals surface area (Å²) in [5.41, 5.74) is 5.10. The van der Waals surface area contributed by atoms with Crippen molar-refractivity contribution in [2.45, 2.75) is 25.4 Å². The van der Waals surface area contributed by atoms with Crippen molar-refractivity contribution < 1.29 is 31.3 Å². The second kappa shape index (κ2) is 7.18. The van der Waals surface area contributed by atoms with Crippen molar-refractivity contribution in [1.82, 2.24) is 19.6 Å². The van der Waals surface area contributed by atoms with Crippen molar-refractivity contribution in [3.05, 3.63) is 34.6 Å². The maximum Gasteiger partial charge on any atom is 0.409 e. The number of nitro groups is 1. The standard InChI is InChI=1S/C5H4F3N3O2.C5H6F3N3/c6-5(7,8)3-10-2-1-4(9-10)11(12)13;6-5(7,8)3-11-2-1-4(9)10-11/h1-2H,3H2;1-2H,3H2,(H2,9,10). The van der Waals surface area contributed by atoms with Crippen LogP contribution in [0.4, 0.5) is 38.0 Å². The highest BCUT2D eigenvalue weighted by molar-refractivity contribution is 5.23. The van der Waals surface area contributed by atoms with E-state index in [2.05, 4.69) is 10.2 Å². The van der Waals surface area contributed by atoms with Gasteiger partial charge in [0.25, 0.3) is 0 Å². The van der Waals surface area contributed by atoms with Gasteiger partial charge in [-0.3, -0.25) is 4.68 Å². The molecule has 2 aromatic rings. The molecule has 0 unspecified atom stereocenters. The average molecular weight is 360 g/mol. The first kappa shape index (κ1) is 19.2. The second-order valence-electron chi connectivity index (χ2n) is 4.30. The quantitative estimate of drug-likeness (QED) is 0.514. The molecule has 0 bridgehead atoms. The zero-order chi connectivity index (χ0) is 18.5. The van der Waals surface area contributed by atoms with Gasteiger partial charge in [-0.05, 0) is 11.0 Å². The third kappa shape index (κ3) is 7.46. The summed E-state index contributed by atoms with van der Waals surface area (Å²) in [6.45, 7) is -2.41. The number of anilines is 1. The largest absolute Gasteiger partial charge is 0.409 e. The lowest BCUT2D eigenvalue weighted by Gasteiger charge is -2.04. The SMILES string of the molecule is Nc1ccn(CC(F)(F)F)n1.O=[N+]([O-])c1ccn(CC(F)(F)F)n1. The lowest BCUT2D eigenvalue weighted by atomic mass is 10.6. The molecule has 0 radical (unpaired) electrons. The first-order valence-electron chi connectivity index (χ1n) is 5.96. The van der Waals surface area contributed by atoms with Gasteiger partial charge in [-0.25, -0.2) is 0 Å². The van der Waals surface area contributed by atoms with E-state index >= 15 is 0 Å². The van der Waals surface area contributed by atoms with Crippen molar-refractivity contribution in [1.29, 1.82) is 0 Å². The molecule has 0 aliphatic heterocycles. The molecule has 0 aliphatic rings. The highest BCUT2D eigenvalue weighted by Crippen LogP contribution is 2.18. The van der Waals surface area contributed by atoms with Gasteiger partial charge in [-0.2, -0.15) is 36.1 Å². The highest BCUT2D eigenvalue weighted by Gasteiger charge is 2.30. The summed E-state index contributed by atoms with van der Waals surface area (Å²) >= 11 is 0. The van der Waals surface area contributed by atoms with Gasteiger partial charge in [0, 0.05) is 6.20 Å². The Morgan fingerprint density at radius 3 is 1.79 bits per heavy atom. The minimum absolute atomic E-state index is 0.0919. The number of nitrogens with zero attached hydrogens (tertiary/aromatic N) is 5. The summed E-state index contributed by atoms with van der Waals surface area (Å²) < 4.78 is 71.3. The Bertz CT molecular complexity index is 676. The Hall–Kier alpha value is -2.80. The molecule has 0 spiro atoms. The minimum atomic E-state index is -4.42. The topological polar surface area (TPSA) is 105 Å². The van der Waals surface area contributed by atoms with E-state index < -0.39 is 36.2 Å². The van der Waals surface area contributed by atoms with Crippen LogP contribution in [0.5, 0.6) is 0 Å². The summed E-state index contributed by atoms with van der Waals surface area (Å²) in [4.78, 5) is 9.17. The van der Waals surface area contributed by atoms with Gasteiger partial charge in [0.1, 0.15) is 12.4 Å². The third-order valence-electron chi connectivity index (χ3n) is 2.16. The summed E-state index contributed by atoms with van der Waals surface area (Å²) in [5, 5.41) is 16.5. The van der Waals surface area contributed by atoms with Crippen LogP contribution in [0.1, 0.15) is 0 Å². The van der Waals surface area contributed by atoms with Crippen LogP contribution in [0.2, 0.25) is 0 Å². The van der Waals surface area contributed by atoms with Crippen LogP contribution in [0.15, 0.2) is 24.5 Å². The summed E-state index contributed by atoms with van der Waals surface area (Å²) in [5.74, 6) is -0.501. The highest BCUT2D eigenvalue weighted by atomic mass is 19.4. The van der Waals surface area contributed by atoms with E-state index in [9.17, 15) is 36.5 Å². The molecule has 14 heteroatoms. The molecule has 0 aromatic carbocycles. The lowest BCUT2D eigenvalue weighted by Crippen LogP contribution is -2.18. The van der Waals surface area contributed by atoms with Gasteiger partial charge in [0.2, 0.25) is 0 Å². The fourth-order valence-electron chi connectivity index (χ4n) is 1.37. The zero-order valence-corrected chi connectivity index (χ0v) is 11.6. The summed E-state index contributed by atoms with van der Waals surface area (Å²) in [7, 11) is 0.